The zero-order chi connectivity index (χ0) is 10.1. The molecular formula is C10H7Br2NO. The molecule has 1 aromatic carbocycles. The van der Waals surface area contributed by atoms with Gasteiger partial charge < -0.3 is 4.74 Å². The standard InChI is InChI=1S/C10H7Br2NO/c11-9-3-6-1-2-14-5-8(6)10(12)7(9)4-13/h3H,1-2,5H2. The van der Waals surface area contributed by atoms with Gasteiger partial charge in [-0.15, -0.1) is 0 Å². The number of ether oxygens (including phenoxy) is 1. The minimum absolute atomic E-state index is 0.595. The molecule has 1 aliphatic rings. The maximum Gasteiger partial charge on any atom is 0.102 e. The summed E-state index contributed by atoms with van der Waals surface area (Å²) in [6.07, 6.45) is 0.915. The van der Waals surface area contributed by atoms with E-state index in [0.29, 0.717) is 12.2 Å². The molecule has 14 heavy (non-hydrogen) atoms. The Morgan fingerprint density at radius 3 is 2.93 bits per heavy atom. The summed E-state index contributed by atoms with van der Waals surface area (Å²) >= 11 is 6.84. The molecule has 0 aliphatic carbocycles. The van der Waals surface area contributed by atoms with Crippen molar-refractivity contribution in [3.63, 3.8) is 0 Å². The Morgan fingerprint density at radius 1 is 1.43 bits per heavy atom. The molecule has 0 unspecified atom stereocenters. The largest absolute Gasteiger partial charge is 0.376 e. The molecule has 2 rings (SSSR count). The van der Waals surface area contributed by atoms with Crippen LogP contribution in [0.1, 0.15) is 16.7 Å². The molecule has 0 fully saturated rings. The van der Waals surface area contributed by atoms with Gasteiger partial charge in [-0.3, -0.25) is 0 Å². The van der Waals surface area contributed by atoms with Crippen LogP contribution < -0.4 is 0 Å². The Bertz CT molecular complexity index is 423. The topological polar surface area (TPSA) is 33.0 Å². The molecule has 0 saturated carbocycles. The van der Waals surface area contributed by atoms with E-state index in [4.69, 9.17) is 10.00 Å². The first-order valence-corrected chi connectivity index (χ1v) is 5.80. The lowest BCUT2D eigenvalue weighted by molar-refractivity contribution is 0.110. The van der Waals surface area contributed by atoms with Gasteiger partial charge in [0.05, 0.1) is 18.8 Å². The summed E-state index contributed by atoms with van der Waals surface area (Å²) in [7, 11) is 0. The number of hydrogen-bond acceptors (Lipinski definition) is 2. The fourth-order valence-electron chi connectivity index (χ4n) is 1.55. The molecule has 0 bridgehead atoms. The van der Waals surface area contributed by atoms with E-state index in [1.54, 1.807) is 0 Å². The predicted octanol–water partition coefficient (Wildman–Crippen LogP) is 3.16. The Kier molecular flexibility index (Phi) is 2.91. The molecule has 1 heterocycles. The van der Waals surface area contributed by atoms with Crippen LogP contribution in [0.25, 0.3) is 0 Å². The number of nitrogens with zero attached hydrogens (tertiary/aromatic N) is 1. The van der Waals surface area contributed by atoms with E-state index in [9.17, 15) is 0 Å². The van der Waals surface area contributed by atoms with E-state index in [1.165, 1.54) is 5.56 Å². The zero-order valence-corrected chi connectivity index (χ0v) is 10.5. The van der Waals surface area contributed by atoms with Crippen LogP contribution in [-0.4, -0.2) is 6.61 Å². The van der Waals surface area contributed by atoms with Crippen LogP contribution >= 0.6 is 31.9 Å². The third-order valence-corrected chi connectivity index (χ3v) is 3.79. The van der Waals surface area contributed by atoms with Crippen LogP contribution in [-0.2, 0) is 17.8 Å². The molecule has 0 atom stereocenters. The van der Waals surface area contributed by atoms with Crippen LogP contribution in [0.15, 0.2) is 15.0 Å². The van der Waals surface area contributed by atoms with Gasteiger partial charge in [0.15, 0.2) is 0 Å². The Labute approximate surface area is 99.1 Å². The number of nitriles is 1. The van der Waals surface area contributed by atoms with Crippen LogP contribution in [0.2, 0.25) is 0 Å². The number of hydrogen-bond donors (Lipinski definition) is 0. The Morgan fingerprint density at radius 2 is 2.21 bits per heavy atom. The second kappa shape index (κ2) is 4.01. The van der Waals surface area contributed by atoms with E-state index in [-0.39, 0.29) is 0 Å². The first kappa shape index (κ1) is 10.2. The highest BCUT2D eigenvalue weighted by Gasteiger charge is 2.17. The lowest BCUT2D eigenvalue weighted by Crippen LogP contribution is -2.11. The minimum Gasteiger partial charge on any atom is -0.376 e. The first-order valence-electron chi connectivity index (χ1n) is 4.21. The summed E-state index contributed by atoms with van der Waals surface area (Å²) in [5, 5.41) is 8.95. The molecule has 4 heteroatoms. The van der Waals surface area contributed by atoms with Crippen molar-refractivity contribution in [3.05, 3.63) is 31.7 Å². The van der Waals surface area contributed by atoms with Gasteiger partial charge in [-0.2, -0.15) is 5.26 Å². The van der Waals surface area contributed by atoms with Crippen molar-refractivity contribution in [1.82, 2.24) is 0 Å². The summed E-state index contributed by atoms with van der Waals surface area (Å²) in [5.41, 5.74) is 3.01. The smallest absolute Gasteiger partial charge is 0.102 e. The van der Waals surface area contributed by atoms with E-state index in [2.05, 4.69) is 37.9 Å². The number of benzene rings is 1. The summed E-state index contributed by atoms with van der Waals surface area (Å²) in [4.78, 5) is 0. The fraction of sp³-hybridized carbons (Fsp3) is 0.300. The molecule has 1 aromatic rings. The maximum absolute atomic E-state index is 8.95. The average molecular weight is 317 g/mol. The fourth-order valence-corrected chi connectivity index (χ4v) is 3.05. The van der Waals surface area contributed by atoms with Gasteiger partial charge in [0, 0.05) is 8.95 Å². The molecule has 0 spiro atoms. The molecular weight excluding hydrogens is 310 g/mol. The SMILES string of the molecule is N#Cc1c(Br)cc2c(c1Br)COCC2. The van der Waals surface area contributed by atoms with Crippen molar-refractivity contribution in [2.75, 3.05) is 6.61 Å². The van der Waals surface area contributed by atoms with Crippen molar-refractivity contribution in [2.45, 2.75) is 13.0 Å². The van der Waals surface area contributed by atoms with E-state index in [1.807, 2.05) is 6.07 Å². The molecule has 0 radical (unpaired) electrons. The summed E-state index contributed by atoms with van der Waals surface area (Å²) in [6, 6.07) is 4.18. The van der Waals surface area contributed by atoms with Crippen LogP contribution in [0.3, 0.4) is 0 Å². The van der Waals surface area contributed by atoms with Gasteiger partial charge in [-0.25, -0.2) is 0 Å². The van der Waals surface area contributed by atoms with Gasteiger partial charge in [0.2, 0.25) is 0 Å². The van der Waals surface area contributed by atoms with Crippen molar-refractivity contribution < 1.29 is 4.74 Å². The van der Waals surface area contributed by atoms with Crippen LogP contribution in [0, 0.1) is 11.3 Å². The van der Waals surface area contributed by atoms with Gasteiger partial charge in [-0.05, 0) is 55.5 Å². The Hall–Kier alpha value is -0.370. The lowest BCUT2D eigenvalue weighted by Gasteiger charge is -2.19. The van der Waals surface area contributed by atoms with Gasteiger partial charge in [0.25, 0.3) is 0 Å². The third-order valence-electron chi connectivity index (χ3n) is 2.29. The lowest BCUT2D eigenvalue weighted by atomic mass is 10.0. The van der Waals surface area contributed by atoms with Crippen molar-refractivity contribution in [3.8, 4) is 6.07 Å². The average Bonchev–Trinajstić information content (AvgIpc) is 2.18. The van der Waals surface area contributed by atoms with E-state index < -0.39 is 0 Å². The highest BCUT2D eigenvalue weighted by Crippen LogP contribution is 2.33. The summed E-state index contributed by atoms with van der Waals surface area (Å²) in [5.74, 6) is 0. The predicted molar refractivity (Wildman–Crippen MR) is 59.9 cm³/mol. The molecule has 0 amide bonds. The van der Waals surface area contributed by atoms with Gasteiger partial charge in [-0.1, -0.05) is 0 Å². The van der Waals surface area contributed by atoms with Crippen LogP contribution in [0.5, 0.6) is 0 Å². The van der Waals surface area contributed by atoms with Crippen molar-refractivity contribution in [2.24, 2.45) is 0 Å². The molecule has 72 valence electrons. The highest BCUT2D eigenvalue weighted by atomic mass is 79.9. The zero-order valence-electron chi connectivity index (χ0n) is 7.31. The minimum atomic E-state index is 0.595. The van der Waals surface area contributed by atoms with Crippen LogP contribution in [0.4, 0.5) is 0 Å². The quantitative estimate of drug-likeness (QED) is 0.736. The van der Waals surface area contributed by atoms with E-state index >= 15 is 0 Å². The molecule has 1 aliphatic heterocycles. The monoisotopic (exact) mass is 315 g/mol. The first-order chi connectivity index (χ1) is 6.74. The van der Waals surface area contributed by atoms with Crippen molar-refractivity contribution >= 4 is 31.9 Å². The maximum atomic E-state index is 8.95. The molecule has 2 nitrogen and oxygen atoms in total. The van der Waals surface area contributed by atoms with Gasteiger partial charge in [0.1, 0.15) is 6.07 Å². The second-order valence-electron chi connectivity index (χ2n) is 3.10. The number of halogens is 2. The van der Waals surface area contributed by atoms with E-state index in [0.717, 1.165) is 27.5 Å². The Balaban J connectivity index is 2.65. The summed E-state index contributed by atoms with van der Waals surface area (Å²) < 4.78 is 7.08. The molecule has 0 saturated heterocycles. The highest BCUT2D eigenvalue weighted by molar-refractivity contribution is 9.11. The normalized spacial score (nSPS) is 14.6. The van der Waals surface area contributed by atoms with Crippen molar-refractivity contribution in [1.29, 1.82) is 5.26 Å². The second-order valence-corrected chi connectivity index (χ2v) is 4.75. The number of rotatable bonds is 0. The number of fused-ring (bicyclic) bond motifs is 1. The third kappa shape index (κ3) is 1.60. The molecule has 0 aromatic heterocycles. The molecule has 0 N–H and O–H groups in total. The van der Waals surface area contributed by atoms with Gasteiger partial charge >= 0.3 is 0 Å². The summed E-state index contributed by atoms with van der Waals surface area (Å²) in [6.45, 7) is 1.36.